The first-order chi connectivity index (χ1) is 11.3. The van der Waals surface area contributed by atoms with Crippen LogP contribution in [0, 0.1) is 25.5 Å². The van der Waals surface area contributed by atoms with E-state index in [1.165, 1.54) is 20.1 Å². The molecule has 2 rings (SSSR count). The standard InChI is InChI=1S/C18H16F2O4/c1-9-16(22)10(2)18(24-3)15(17(9)23)14(21)5-4-11-6-12(19)8-13(20)7-11/h4-8,22-23H,1-3H3. The van der Waals surface area contributed by atoms with E-state index in [0.717, 1.165) is 24.3 Å². The minimum Gasteiger partial charge on any atom is -0.507 e. The second-order valence-corrected chi connectivity index (χ2v) is 5.26. The Kier molecular flexibility index (Phi) is 4.87. The summed E-state index contributed by atoms with van der Waals surface area (Å²) >= 11 is 0. The summed E-state index contributed by atoms with van der Waals surface area (Å²) in [5, 5.41) is 20.1. The molecule has 0 atom stereocenters. The van der Waals surface area contributed by atoms with Gasteiger partial charge in [0.2, 0.25) is 0 Å². The normalized spacial score (nSPS) is 11.0. The molecule has 0 bridgehead atoms. The molecule has 0 fully saturated rings. The molecular formula is C18H16F2O4. The van der Waals surface area contributed by atoms with Crippen LogP contribution in [-0.2, 0) is 0 Å². The summed E-state index contributed by atoms with van der Waals surface area (Å²) in [6.07, 6.45) is 2.30. The van der Waals surface area contributed by atoms with Crippen molar-refractivity contribution < 1.29 is 28.5 Å². The zero-order chi connectivity index (χ0) is 18.0. The average molecular weight is 334 g/mol. The van der Waals surface area contributed by atoms with E-state index >= 15 is 0 Å². The Hall–Kier alpha value is -2.89. The van der Waals surface area contributed by atoms with Gasteiger partial charge in [-0.3, -0.25) is 4.79 Å². The molecule has 2 N–H and O–H groups in total. The monoisotopic (exact) mass is 334 g/mol. The van der Waals surface area contributed by atoms with Crippen LogP contribution in [0.15, 0.2) is 24.3 Å². The number of hydrogen-bond donors (Lipinski definition) is 2. The molecule has 0 saturated carbocycles. The first kappa shape index (κ1) is 17.5. The number of carbonyl (C=O) groups excluding carboxylic acids is 1. The molecule has 0 amide bonds. The average Bonchev–Trinajstić information content (AvgIpc) is 2.53. The van der Waals surface area contributed by atoms with Crippen molar-refractivity contribution in [2.45, 2.75) is 13.8 Å². The van der Waals surface area contributed by atoms with Gasteiger partial charge in [-0.05, 0) is 37.6 Å². The highest BCUT2D eigenvalue weighted by atomic mass is 19.1. The number of hydrogen-bond acceptors (Lipinski definition) is 4. The number of benzene rings is 2. The molecule has 0 unspecified atom stereocenters. The third-order valence-corrected chi connectivity index (χ3v) is 3.63. The lowest BCUT2D eigenvalue weighted by molar-refractivity contribution is 0.104. The predicted octanol–water partition coefficient (Wildman–Crippen LogP) is 3.90. The highest BCUT2D eigenvalue weighted by molar-refractivity contribution is 6.11. The number of allylic oxidation sites excluding steroid dienone is 1. The first-order valence-electron chi connectivity index (χ1n) is 7.03. The Morgan fingerprint density at radius 3 is 2.17 bits per heavy atom. The molecule has 4 nitrogen and oxygen atoms in total. The van der Waals surface area contributed by atoms with E-state index in [2.05, 4.69) is 0 Å². The quantitative estimate of drug-likeness (QED) is 0.657. The van der Waals surface area contributed by atoms with Crippen LogP contribution in [0.25, 0.3) is 6.08 Å². The van der Waals surface area contributed by atoms with Gasteiger partial charge in [0.05, 0.1) is 7.11 Å². The van der Waals surface area contributed by atoms with Gasteiger partial charge in [0.15, 0.2) is 5.78 Å². The van der Waals surface area contributed by atoms with Crippen molar-refractivity contribution >= 4 is 11.9 Å². The molecule has 0 aromatic heterocycles. The predicted molar refractivity (Wildman–Crippen MR) is 85.5 cm³/mol. The van der Waals surface area contributed by atoms with Gasteiger partial charge < -0.3 is 14.9 Å². The second kappa shape index (κ2) is 6.70. The van der Waals surface area contributed by atoms with Crippen LogP contribution in [-0.4, -0.2) is 23.1 Å². The smallest absolute Gasteiger partial charge is 0.193 e. The van der Waals surface area contributed by atoms with Gasteiger partial charge in [0.1, 0.15) is 34.4 Å². The second-order valence-electron chi connectivity index (χ2n) is 5.26. The lowest BCUT2D eigenvalue weighted by atomic mass is 9.98. The SMILES string of the molecule is COc1c(C)c(O)c(C)c(O)c1C(=O)C=Cc1cc(F)cc(F)c1. The van der Waals surface area contributed by atoms with Crippen LogP contribution < -0.4 is 4.74 Å². The van der Waals surface area contributed by atoms with Crippen molar-refractivity contribution in [1.29, 1.82) is 0 Å². The molecule has 2 aromatic rings. The number of carbonyl (C=O) groups is 1. The maximum Gasteiger partial charge on any atom is 0.193 e. The van der Waals surface area contributed by atoms with Gasteiger partial charge in [-0.2, -0.15) is 0 Å². The molecule has 6 heteroatoms. The zero-order valence-corrected chi connectivity index (χ0v) is 13.4. The fraction of sp³-hybridized carbons (Fsp3) is 0.167. The maximum atomic E-state index is 13.2. The largest absolute Gasteiger partial charge is 0.507 e. The molecule has 126 valence electrons. The van der Waals surface area contributed by atoms with Crippen LogP contribution in [0.4, 0.5) is 8.78 Å². The van der Waals surface area contributed by atoms with Crippen LogP contribution in [0.5, 0.6) is 17.2 Å². The lowest BCUT2D eigenvalue weighted by Crippen LogP contribution is -2.03. The van der Waals surface area contributed by atoms with Crippen molar-refractivity contribution in [3.63, 3.8) is 0 Å². The highest BCUT2D eigenvalue weighted by Crippen LogP contribution is 2.41. The topological polar surface area (TPSA) is 66.8 Å². The Labute approximate surface area is 137 Å². The molecule has 0 spiro atoms. The minimum absolute atomic E-state index is 0.0377. The summed E-state index contributed by atoms with van der Waals surface area (Å²) in [6, 6.07) is 2.86. The summed E-state index contributed by atoms with van der Waals surface area (Å²) in [5.41, 5.74) is 0.480. The van der Waals surface area contributed by atoms with Gasteiger partial charge in [-0.1, -0.05) is 6.08 Å². The number of methoxy groups -OCH3 is 1. The molecule has 0 heterocycles. The number of ketones is 1. The molecule has 2 aromatic carbocycles. The zero-order valence-electron chi connectivity index (χ0n) is 13.4. The van der Waals surface area contributed by atoms with Crippen molar-refractivity contribution in [2.24, 2.45) is 0 Å². The number of rotatable bonds is 4. The maximum absolute atomic E-state index is 13.2. The van der Waals surface area contributed by atoms with Gasteiger partial charge in [0, 0.05) is 17.2 Å². The fourth-order valence-corrected chi connectivity index (χ4v) is 2.39. The summed E-state index contributed by atoms with van der Waals surface area (Å²) in [7, 11) is 1.30. The Bertz CT molecular complexity index is 821. The van der Waals surface area contributed by atoms with Gasteiger partial charge in [0.25, 0.3) is 0 Å². The number of ether oxygens (including phenoxy) is 1. The first-order valence-corrected chi connectivity index (χ1v) is 7.03. The fourth-order valence-electron chi connectivity index (χ4n) is 2.39. The van der Waals surface area contributed by atoms with Crippen molar-refractivity contribution in [2.75, 3.05) is 7.11 Å². The van der Waals surface area contributed by atoms with E-state index in [1.807, 2.05) is 0 Å². The van der Waals surface area contributed by atoms with E-state index in [0.29, 0.717) is 5.56 Å². The van der Waals surface area contributed by atoms with Crippen molar-refractivity contribution in [3.05, 3.63) is 58.2 Å². The van der Waals surface area contributed by atoms with E-state index in [1.54, 1.807) is 6.92 Å². The summed E-state index contributed by atoms with van der Waals surface area (Å²) in [6.45, 7) is 3.00. The van der Waals surface area contributed by atoms with E-state index < -0.39 is 23.2 Å². The van der Waals surface area contributed by atoms with Crippen LogP contribution in [0.2, 0.25) is 0 Å². The molecule has 0 saturated heterocycles. The van der Waals surface area contributed by atoms with Crippen molar-refractivity contribution in [1.82, 2.24) is 0 Å². The Balaban J connectivity index is 2.48. The number of phenolic OH excluding ortho intramolecular Hbond substituents is 2. The van der Waals surface area contributed by atoms with E-state index in [-0.39, 0.29) is 28.2 Å². The summed E-state index contributed by atoms with van der Waals surface area (Å²) in [5.74, 6) is -2.69. The molecule has 0 aliphatic rings. The Morgan fingerprint density at radius 1 is 1.04 bits per heavy atom. The Morgan fingerprint density at radius 2 is 1.62 bits per heavy atom. The van der Waals surface area contributed by atoms with E-state index in [4.69, 9.17) is 4.74 Å². The third-order valence-electron chi connectivity index (χ3n) is 3.63. The van der Waals surface area contributed by atoms with Crippen LogP contribution in [0.3, 0.4) is 0 Å². The lowest BCUT2D eigenvalue weighted by Gasteiger charge is -2.15. The molecule has 0 aliphatic carbocycles. The summed E-state index contributed by atoms with van der Waals surface area (Å²) < 4.78 is 31.4. The third kappa shape index (κ3) is 3.22. The molecule has 0 radical (unpaired) electrons. The molecular weight excluding hydrogens is 318 g/mol. The number of phenols is 2. The minimum atomic E-state index is -0.765. The van der Waals surface area contributed by atoms with E-state index in [9.17, 15) is 23.8 Å². The highest BCUT2D eigenvalue weighted by Gasteiger charge is 2.23. The number of halogens is 2. The van der Waals surface area contributed by atoms with Gasteiger partial charge in [-0.25, -0.2) is 8.78 Å². The van der Waals surface area contributed by atoms with Crippen molar-refractivity contribution in [3.8, 4) is 17.2 Å². The molecule has 0 aliphatic heterocycles. The van der Waals surface area contributed by atoms with Gasteiger partial charge >= 0.3 is 0 Å². The van der Waals surface area contributed by atoms with Crippen LogP contribution >= 0.6 is 0 Å². The van der Waals surface area contributed by atoms with Crippen LogP contribution in [0.1, 0.15) is 27.0 Å². The number of aromatic hydroxyl groups is 2. The van der Waals surface area contributed by atoms with Gasteiger partial charge in [-0.15, -0.1) is 0 Å². The molecule has 24 heavy (non-hydrogen) atoms. The summed E-state index contributed by atoms with van der Waals surface area (Å²) in [4.78, 5) is 12.4.